The number of benzene rings is 2. The first-order valence-corrected chi connectivity index (χ1v) is 12.5. The third kappa shape index (κ3) is 5.06. The van der Waals surface area contributed by atoms with Gasteiger partial charge >= 0.3 is 6.09 Å². The minimum absolute atomic E-state index is 0.282. The molecule has 4 aromatic rings. The van der Waals surface area contributed by atoms with E-state index in [1.54, 1.807) is 23.1 Å². The van der Waals surface area contributed by atoms with Gasteiger partial charge in [0.15, 0.2) is 0 Å². The predicted octanol–water partition coefficient (Wildman–Crippen LogP) is 7.23. The van der Waals surface area contributed by atoms with Crippen molar-refractivity contribution < 1.29 is 9.53 Å². The number of carbonyl (C=O) groups excluding carboxylic acids is 1. The quantitative estimate of drug-likeness (QED) is 0.271. The summed E-state index contributed by atoms with van der Waals surface area (Å²) < 4.78 is 5.57. The van der Waals surface area contributed by atoms with Gasteiger partial charge in [0.1, 0.15) is 11.2 Å². The van der Waals surface area contributed by atoms with Crippen LogP contribution in [0.25, 0.3) is 22.2 Å². The van der Waals surface area contributed by atoms with E-state index in [4.69, 9.17) is 27.9 Å². The lowest BCUT2D eigenvalue weighted by molar-refractivity contribution is 0.0224. The van der Waals surface area contributed by atoms with Crippen LogP contribution in [0.15, 0.2) is 54.9 Å². The Morgan fingerprint density at radius 3 is 2.58 bits per heavy atom. The van der Waals surface area contributed by atoms with Gasteiger partial charge in [-0.05, 0) is 68.1 Å². The second kappa shape index (κ2) is 9.54. The van der Waals surface area contributed by atoms with E-state index in [0.717, 1.165) is 39.7 Å². The highest BCUT2D eigenvalue weighted by molar-refractivity contribution is 6.36. The molecular formula is C29H25Cl2N3O2. The van der Waals surface area contributed by atoms with Crippen LogP contribution in [-0.4, -0.2) is 33.1 Å². The smallest absolute Gasteiger partial charge is 0.410 e. The number of hydrogen-bond donors (Lipinski definition) is 1. The van der Waals surface area contributed by atoms with Crippen LogP contribution in [0.1, 0.15) is 43.0 Å². The Morgan fingerprint density at radius 2 is 1.83 bits per heavy atom. The summed E-state index contributed by atoms with van der Waals surface area (Å²) in [6, 6.07) is 13.8. The number of aromatic amines is 1. The zero-order valence-corrected chi connectivity index (χ0v) is 21.8. The maximum Gasteiger partial charge on any atom is 0.410 e. The van der Waals surface area contributed by atoms with Gasteiger partial charge in [0.2, 0.25) is 0 Å². The molecular weight excluding hydrogens is 493 g/mol. The van der Waals surface area contributed by atoms with Gasteiger partial charge in [0, 0.05) is 36.4 Å². The summed E-state index contributed by atoms with van der Waals surface area (Å²) in [5.74, 6) is 6.28. The molecule has 0 radical (unpaired) electrons. The van der Waals surface area contributed by atoms with Gasteiger partial charge in [0.05, 0.1) is 21.2 Å². The Morgan fingerprint density at radius 1 is 1.06 bits per heavy atom. The molecule has 0 saturated heterocycles. The van der Waals surface area contributed by atoms with Gasteiger partial charge in [-0.1, -0.05) is 53.2 Å². The molecule has 182 valence electrons. The number of aromatic nitrogens is 2. The summed E-state index contributed by atoms with van der Waals surface area (Å²) in [5.41, 5.74) is 6.01. The molecule has 2 aromatic heterocycles. The molecule has 0 unspecified atom stereocenters. The molecule has 1 aliphatic rings. The van der Waals surface area contributed by atoms with Crippen LogP contribution in [0, 0.1) is 11.8 Å². The van der Waals surface area contributed by atoms with Gasteiger partial charge in [-0.3, -0.25) is 0 Å². The fraction of sp³-hybridized carbons (Fsp3) is 0.241. The molecule has 0 atom stereocenters. The van der Waals surface area contributed by atoms with Crippen molar-refractivity contribution in [3.63, 3.8) is 0 Å². The Kier molecular flexibility index (Phi) is 6.42. The van der Waals surface area contributed by atoms with Crippen molar-refractivity contribution in [3.05, 3.63) is 87.2 Å². The molecule has 0 saturated carbocycles. The van der Waals surface area contributed by atoms with E-state index < -0.39 is 5.60 Å². The second-order valence-electron chi connectivity index (χ2n) is 9.80. The topological polar surface area (TPSA) is 58.2 Å². The maximum absolute atomic E-state index is 12.6. The molecule has 0 fully saturated rings. The molecule has 2 aromatic carbocycles. The maximum atomic E-state index is 12.6. The van der Waals surface area contributed by atoms with Gasteiger partial charge < -0.3 is 14.6 Å². The average molecular weight is 518 g/mol. The highest BCUT2D eigenvalue weighted by Gasteiger charge is 2.26. The van der Waals surface area contributed by atoms with Gasteiger partial charge in [-0.25, -0.2) is 9.78 Å². The van der Waals surface area contributed by atoms with Crippen molar-refractivity contribution >= 4 is 40.3 Å². The van der Waals surface area contributed by atoms with Gasteiger partial charge in [-0.15, -0.1) is 0 Å². The molecule has 0 aliphatic carbocycles. The molecule has 1 aliphatic heterocycles. The SMILES string of the molecule is CC(C)(C)OC(=O)N1CCc2ccc(-c3cnc4[nH]cc(C#Cc5c(Cl)cccc5Cl)c4c3)cc2C1. The monoisotopic (exact) mass is 517 g/mol. The van der Waals surface area contributed by atoms with Crippen LogP contribution in [0.2, 0.25) is 10.0 Å². The third-order valence-electron chi connectivity index (χ3n) is 6.02. The molecule has 36 heavy (non-hydrogen) atoms. The number of H-pyrrole nitrogens is 1. The predicted molar refractivity (Wildman–Crippen MR) is 144 cm³/mol. The molecule has 0 bridgehead atoms. The lowest BCUT2D eigenvalue weighted by atomic mass is 9.95. The standard InChI is InChI=1S/C29H25Cl2N3O2/c1-29(2,3)36-28(35)34-12-11-18-7-8-19(13-22(18)17-34)21-14-24-20(15-32-27(24)33-16-21)9-10-23-25(30)5-4-6-26(23)31/h4-8,13-16H,11-12,17H2,1-3H3,(H,32,33). The first-order valence-electron chi connectivity index (χ1n) is 11.7. The molecule has 1 N–H and O–H groups in total. The average Bonchev–Trinajstić information content (AvgIpc) is 3.24. The Hall–Kier alpha value is -3.46. The summed E-state index contributed by atoms with van der Waals surface area (Å²) in [6.07, 6.45) is 4.20. The normalized spacial score (nSPS) is 13.2. The van der Waals surface area contributed by atoms with E-state index in [1.165, 1.54) is 5.56 Å². The minimum Gasteiger partial charge on any atom is -0.444 e. The number of nitrogens with zero attached hydrogens (tertiary/aromatic N) is 2. The number of ether oxygens (including phenoxy) is 1. The number of pyridine rings is 1. The van der Waals surface area contributed by atoms with Crippen LogP contribution in [0.5, 0.6) is 0 Å². The second-order valence-corrected chi connectivity index (χ2v) is 10.6. The molecule has 3 heterocycles. The van der Waals surface area contributed by atoms with E-state index in [0.29, 0.717) is 28.7 Å². The van der Waals surface area contributed by atoms with Gasteiger partial charge in [0.25, 0.3) is 0 Å². The van der Waals surface area contributed by atoms with Crippen LogP contribution in [0.4, 0.5) is 4.79 Å². The van der Waals surface area contributed by atoms with E-state index in [2.05, 4.69) is 46.1 Å². The Balaban J connectivity index is 1.45. The molecule has 7 heteroatoms. The summed E-state index contributed by atoms with van der Waals surface area (Å²) in [4.78, 5) is 22.1. The number of nitrogens with one attached hydrogen (secondary N) is 1. The van der Waals surface area contributed by atoms with E-state index in [9.17, 15) is 4.79 Å². The number of fused-ring (bicyclic) bond motifs is 2. The first kappa shape index (κ1) is 24.2. The highest BCUT2D eigenvalue weighted by Crippen LogP contribution is 2.29. The van der Waals surface area contributed by atoms with Crippen LogP contribution < -0.4 is 0 Å². The Bertz CT molecular complexity index is 1520. The third-order valence-corrected chi connectivity index (χ3v) is 6.65. The lowest BCUT2D eigenvalue weighted by Crippen LogP contribution is -2.39. The van der Waals surface area contributed by atoms with E-state index >= 15 is 0 Å². The Labute approximate surface area is 220 Å². The minimum atomic E-state index is -0.519. The molecule has 5 nitrogen and oxygen atoms in total. The number of halogens is 2. The fourth-order valence-electron chi connectivity index (χ4n) is 4.23. The van der Waals surface area contributed by atoms with Gasteiger partial charge in [-0.2, -0.15) is 0 Å². The fourth-order valence-corrected chi connectivity index (χ4v) is 4.72. The molecule has 0 spiro atoms. The first-order chi connectivity index (χ1) is 17.2. The van der Waals surface area contributed by atoms with Crippen molar-refractivity contribution in [1.29, 1.82) is 0 Å². The molecule has 1 amide bonds. The van der Waals surface area contributed by atoms with Crippen molar-refractivity contribution in [1.82, 2.24) is 14.9 Å². The zero-order valence-electron chi connectivity index (χ0n) is 20.3. The number of hydrogen-bond acceptors (Lipinski definition) is 3. The number of rotatable bonds is 1. The summed E-state index contributed by atoms with van der Waals surface area (Å²) in [5, 5.41) is 1.95. The number of carbonyl (C=O) groups is 1. The van der Waals surface area contributed by atoms with Crippen molar-refractivity contribution in [2.45, 2.75) is 39.3 Å². The van der Waals surface area contributed by atoms with Crippen LogP contribution >= 0.6 is 23.2 Å². The van der Waals surface area contributed by atoms with Crippen molar-refractivity contribution in [2.75, 3.05) is 6.54 Å². The van der Waals surface area contributed by atoms with Crippen LogP contribution in [0.3, 0.4) is 0 Å². The number of amides is 1. The summed E-state index contributed by atoms with van der Waals surface area (Å²) in [6.45, 7) is 6.81. The van der Waals surface area contributed by atoms with Crippen LogP contribution in [-0.2, 0) is 17.7 Å². The van der Waals surface area contributed by atoms with E-state index in [1.807, 2.05) is 33.2 Å². The zero-order chi connectivity index (χ0) is 25.4. The molecule has 5 rings (SSSR count). The lowest BCUT2D eigenvalue weighted by Gasteiger charge is -2.31. The van der Waals surface area contributed by atoms with Crippen molar-refractivity contribution in [3.8, 4) is 23.0 Å². The largest absolute Gasteiger partial charge is 0.444 e. The summed E-state index contributed by atoms with van der Waals surface area (Å²) in [7, 11) is 0. The highest BCUT2D eigenvalue weighted by atomic mass is 35.5. The van der Waals surface area contributed by atoms with E-state index in [-0.39, 0.29) is 6.09 Å². The van der Waals surface area contributed by atoms with Crippen molar-refractivity contribution in [2.24, 2.45) is 0 Å². The summed E-state index contributed by atoms with van der Waals surface area (Å²) >= 11 is 12.5.